The van der Waals surface area contributed by atoms with Gasteiger partial charge in [-0.1, -0.05) is 18.2 Å². The molecule has 0 saturated carbocycles. The summed E-state index contributed by atoms with van der Waals surface area (Å²) in [5.74, 6) is -2.65. The lowest BCUT2D eigenvalue weighted by molar-refractivity contribution is 0.0942. The summed E-state index contributed by atoms with van der Waals surface area (Å²) in [6.07, 6.45) is 0. The Morgan fingerprint density at radius 2 is 1.58 bits per heavy atom. The molecule has 6 heteroatoms. The molecule has 0 aliphatic rings. The van der Waals surface area contributed by atoms with E-state index >= 15 is 0 Å². The van der Waals surface area contributed by atoms with Crippen LogP contribution in [0.3, 0.4) is 0 Å². The Balaban J connectivity index is 1.92. The molecular formula is C18H12F3NOS. The minimum Gasteiger partial charge on any atom is -0.340 e. The van der Waals surface area contributed by atoms with Crippen LogP contribution in [0.25, 0.3) is 0 Å². The summed E-state index contributed by atoms with van der Waals surface area (Å²) in [6.45, 7) is 0. The number of halogens is 3. The molecule has 1 N–H and O–H groups in total. The summed E-state index contributed by atoms with van der Waals surface area (Å²) < 4.78 is 39.8. The SMILES string of the molecule is O=C(N[C@@H](c1ccc(F)cc1)c1cccs1)c1cc(F)cc(F)c1. The van der Waals surface area contributed by atoms with Crippen LogP contribution in [0.2, 0.25) is 0 Å². The topological polar surface area (TPSA) is 29.1 Å². The van der Waals surface area contributed by atoms with Gasteiger partial charge < -0.3 is 5.32 Å². The van der Waals surface area contributed by atoms with Crippen molar-refractivity contribution in [2.24, 2.45) is 0 Å². The standard InChI is InChI=1S/C18H12F3NOS/c19-13-5-3-11(4-6-13)17(16-2-1-7-24-16)22-18(23)12-8-14(20)10-15(21)9-12/h1-10,17H,(H,22,23)/t17-/m0/s1. The summed E-state index contributed by atoms with van der Waals surface area (Å²) in [5.41, 5.74) is 0.556. The van der Waals surface area contributed by atoms with E-state index in [1.807, 2.05) is 17.5 Å². The van der Waals surface area contributed by atoms with Crippen molar-refractivity contribution in [1.29, 1.82) is 0 Å². The minimum absolute atomic E-state index is 0.115. The molecule has 2 nitrogen and oxygen atoms in total. The lowest BCUT2D eigenvalue weighted by Crippen LogP contribution is -2.29. The third-order valence-corrected chi connectivity index (χ3v) is 4.37. The lowest BCUT2D eigenvalue weighted by Gasteiger charge is -2.18. The number of carbonyl (C=O) groups excluding carboxylic acids is 1. The van der Waals surface area contributed by atoms with Crippen LogP contribution in [0.4, 0.5) is 13.2 Å². The zero-order valence-electron chi connectivity index (χ0n) is 12.3. The van der Waals surface area contributed by atoms with Crippen LogP contribution in [0, 0.1) is 17.5 Å². The fraction of sp³-hybridized carbons (Fsp3) is 0.0556. The third-order valence-electron chi connectivity index (χ3n) is 3.43. The fourth-order valence-corrected chi connectivity index (χ4v) is 3.13. The molecule has 24 heavy (non-hydrogen) atoms. The zero-order valence-corrected chi connectivity index (χ0v) is 13.1. The molecule has 1 amide bonds. The number of rotatable bonds is 4. The Morgan fingerprint density at radius 3 is 2.17 bits per heavy atom. The number of benzene rings is 2. The maximum Gasteiger partial charge on any atom is 0.252 e. The molecule has 0 aliphatic carbocycles. The van der Waals surface area contributed by atoms with Gasteiger partial charge in [-0.15, -0.1) is 11.3 Å². The van der Waals surface area contributed by atoms with Crippen LogP contribution in [0.15, 0.2) is 60.0 Å². The second-order valence-electron chi connectivity index (χ2n) is 5.13. The summed E-state index contributed by atoms with van der Waals surface area (Å²) in [5, 5.41) is 4.59. The first kappa shape index (κ1) is 16.3. The van der Waals surface area contributed by atoms with E-state index in [-0.39, 0.29) is 11.4 Å². The molecule has 0 aliphatic heterocycles. The number of carbonyl (C=O) groups is 1. The van der Waals surface area contributed by atoms with E-state index in [0.717, 1.165) is 17.0 Å². The first-order valence-electron chi connectivity index (χ1n) is 7.09. The molecule has 3 aromatic rings. The smallest absolute Gasteiger partial charge is 0.252 e. The maximum absolute atomic E-state index is 13.3. The van der Waals surface area contributed by atoms with Gasteiger partial charge in [0.2, 0.25) is 0 Å². The van der Waals surface area contributed by atoms with Crippen LogP contribution in [0.1, 0.15) is 26.8 Å². The summed E-state index contributed by atoms with van der Waals surface area (Å²) >= 11 is 1.42. The number of hydrogen-bond acceptors (Lipinski definition) is 2. The highest BCUT2D eigenvalue weighted by atomic mass is 32.1. The largest absolute Gasteiger partial charge is 0.340 e. The van der Waals surface area contributed by atoms with Crippen molar-refractivity contribution in [3.63, 3.8) is 0 Å². The molecule has 1 aromatic heterocycles. The van der Waals surface area contributed by atoms with Crippen molar-refractivity contribution in [3.8, 4) is 0 Å². The van der Waals surface area contributed by atoms with E-state index in [2.05, 4.69) is 5.32 Å². The van der Waals surface area contributed by atoms with Crippen LogP contribution in [-0.4, -0.2) is 5.91 Å². The molecule has 122 valence electrons. The van der Waals surface area contributed by atoms with Crippen molar-refractivity contribution in [1.82, 2.24) is 5.32 Å². The maximum atomic E-state index is 13.3. The van der Waals surface area contributed by atoms with Gasteiger partial charge in [-0.25, -0.2) is 13.2 Å². The van der Waals surface area contributed by atoms with E-state index in [1.165, 1.54) is 23.5 Å². The van der Waals surface area contributed by atoms with Crippen LogP contribution in [0.5, 0.6) is 0 Å². The number of amides is 1. The van der Waals surface area contributed by atoms with E-state index < -0.39 is 23.6 Å². The monoisotopic (exact) mass is 347 g/mol. The van der Waals surface area contributed by atoms with Crippen molar-refractivity contribution in [2.75, 3.05) is 0 Å². The lowest BCUT2D eigenvalue weighted by atomic mass is 10.0. The Morgan fingerprint density at radius 1 is 0.917 bits per heavy atom. The van der Waals surface area contributed by atoms with Gasteiger partial charge in [0.25, 0.3) is 5.91 Å². The van der Waals surface area contributed by atoms with E-state index in [4.69, 9.17) is 0 Å². The van der Waals surface area contributed by atoms with Gasteiger partial charge in [-0.3, -0.25) is 4.79 Å². The fourth-order valence-electron chi connectivity index (χ4n) is 2.33. The Kier molecular flexibility index (Phi) is 4.66. The van der Waals surface area contributed by atoms with Gasteiger partial charge in [0.1, 0.15) is 17.5 Å². The van der Waals surface area contributed by atoms with E-state index in [0.29, 0.717) is 11.6 Å². The first-order valence-corrected chi connectivity index (χ1v) is 7.97. The van der Waals surface area contributed by atoms with Gasteiger partial charge in [0.05, 0.1) is 6.04 Å². The number of hydrogen-bond donors (Lipinski definition) is 1. The Labute approximate surface area is 140 Å². The molecule has 0 spiro atoms. The summed E-state index contributed by atoms with van der Waals surface area (Å²) in [4.78, 5) is 13.2. The number of thiophene rings is 1. The molecule has 0 saturated heterocycles. The highest BCUT2D eigenvalue weighted by molar-refractivity contribution is 7.10. The van der Waals surface area contributed by atoms with E-state index in [1.54, 1.807) is 12.1 Å². The van der Waals surface area contributed by atoms with Crippen molar-refractivity contribution in [2.45, 2.75) is 6.04 Å². The predicted octanol–water partition coefficient (Wildman–Crippen LogP) is 4.68. The third kappa shape index (κ3) is 3.65. The Hall–Kier alpha value is -2.60. The second kappa shape index (κ2) is 6.88. The molecule has 1 heterocycles. The van der Waals surface area contributed by atoms with Gasteiger partial charge in [-0.2, -0.15) is 0 Å². The van der Waals surface area contributed by atoms with E-state index in [9.17, 15) is 18.0 Å². The molecule has 1 atom stereocenters. The van der Waals surface area contributed by atoms with Crippen LogP contribution in [-0.2, 0) is 0 Å². The predicted molar refractivity (Wildman–Crippen MR) is 86.4 cm³/mol. The van der Waals surface area contributed by atoms with Gasteiger partial charge >= 0.3 is 0 Å². The normalized spacial score (nSPS) is 12.0. The summed E-state index contributed by atoms with van der Waals surface area (Å²) in [6, 6.07) is 11.5. The first-order chi connectivity index (χ1) is 11.5. The highest BCUT2D eigenvalue weighted by Crippen LogP contribution is 2.26. The van der Waals surface area contributed by atoms with Crippen molar-refractivity contribution < 1.29 is 18.0 Å². The average Bonchev–Trinajstić information content (AvgIpc) is 3.06. The second-order valence-corrected chi connectivity index (χ2v) is 6.11. The molecule has 2 aromatic carbocycles. The minimum atomic E-state index is -0.824. The van der Waals surface area contributed by atoms with Crippen LogP contribution < -0.4 is 5.32 Å². The Bertz CT molecular complexity index is 827. The molecule has 0 unspecified atom stereocenters. The van der Waals surface area contributed by atoms with Crippen molar-refractivity contribution in [3.05, 3.63) is 93.4 Å². The highest BCUT2D eigenvalue weighted by Gasteiger charge is 2.19. The zero-order chi connectivity index (χ0) is 17.1. The molecule has 0 fully saturated rings. The van der Waals surface area contributed by atoms with Gasteiger partial charge in [0, 0.05) is 16.5 Å². The quantitative estimate of drug-likeness (QED) is 0.729. The summed E-state index contributed by atoms with van der Waals surface area (Å²) in [7, 11) is 0. The molecule has 0 bridgehead atoms. The average molecular weight is 347 g/mol. The molecule has 3 rings (SSSR count). The van der Waals surface area contributed by atoms with Gasteiger partial charge in [-0.05, 0) is 41.3 Å². The molecule has 0 radical (unpaired) electrons. The molecular weight excluding hydrogens is 335 g/mol. The number of nitrogens with one attached hydrogen (secondary N) is 1. The van der Waals surface area contributed by atoms with Gasteiger partial charge in [0.15, 0.2) is 0 Å². The van der Waals surface area contributed by atoms with Crippen LogP contribution >= 0.6 is 11.3 Å². The van der Waals surface area contributed by atoms with Crippen molar-refractivity contribution >= 4 is 17.2 Å².